The minimum absolute atomic E-state index is 0.197. The Morgan fingerprint density at radius 3 is 2.92 bits per heavy atom. The molecular weight excluding hydrogens is 156 g/mol. The second-order valence-corrected chi connectivity index (χ2v) is 2.27. The van der Waals surface area contributed by atoms with Gasteiger partial charge in [0.25, 0.3) is 0 Å². The monoisotopic (exact) mass is 162 g/mol. The molecule has 0 unspecified atom stereocenters. The van der Waals surface area contributed by atoms with Gasteiger partial charge in [0.2, 0.25) is 0 Å². The van der Waals surface area contributed by atoms with E-state index in [1.165, 1.54) is 11.0 Å². The van der Waals surface area contributed by atoms with Crippen molar-refractivity contribution in [3.8, 4) is 11.4 Å². The van der Waals surface area contributed by atoms with E-state index in [2.05, 4.69) is 15.5 Å². The first-order chi connectivity index (χ1) is 5.86. The Morgan fingerprint density at radius 2 is 2.25 bits per heavy atom. The second kappa shape index (κ2) is 2.61. The molecule has 0 bridgehead atoms. The van der Waals surface area contributed by atoms with Gasteiger partial charge in [-0.1, -0.05) is 6.07 Å². The number of nitrogens with zero attached hydrogens (tertiary/aromatic N) is 4. The van der Waals surface area contributed by atoms with Crippen LogP contribution in [-0.2, 0) is 0 Å². The van der Waals surface area contributed by atoms with E-state index in [1.807, 2.05) is 0 Å². The molecule has 1 aromatic heterocycles. The van der Waals surface area contributed by atoms with Crippen LogP contribution >= 0.6 is 0 Å². The molecule has 0 aliphatic heterocycles. The highest BCUT2D eigenvalue weighted by Gasteiger charge is 1.96. The van der Waals surface area contributed by atoms with Crippen molar-refractivity contribution in [2.75, 3.05) is 0 Å². The number of hydrogen-bond donors (Lipinski definition) is 1. The fraction of sp³-hybridized carbons (Fsp3) is 0. The van der Waals surface area contributed by atoms with Crippen molar-refractivity contribution >= 4 is 0 Å². The van der Waals surface area contributed by atoms with E-state index >= 15 is 0 Å². The maximum atomic E-state index is 9.13. The minimum Gasteiger partial charge on any atom is -0.508 e. The van der Waals surface area contributed by atoms with Crippen LogP contribution in [0.5, 0.6) is 5.75 Å². The molecule has 0 saturated carbocycles. The third-order valence-electron chi connectivity index (χ3n) is 1.44. The first-order valence-corrected chi connectivity index (χ1v) is 3.38. The number of aromatic nitrogens is 4. The lowest BCUT2D eigenvalue weighted by Gasteiger charge is -1.97. The van der Waals surface area contributed by atoms with Crippen LogP contribution in [0.2, 0.25) is 0 Å². The van der Waals surface area contributed by atoms with Crippen LogP contribution in [0.3, 0.4) is 0 Å². The molecule has 2 aromatic rings. The number of aromatic hydroxyl groups is 1. The molecule has 1 N–H and O–H groups in total. The van der Waals surface area contributed by atoms with Crippen molar-refractivity contribution in [1.82, 2.24) is 20.2 Å². The van der Waals surface area contributed by atoms with Gasteiger partial charge in [-0.25, -0.2) is 4.68 Å². The lowest BCUT2D eigenvalue weighted by molar-refractivity contribution is 0.474. The molecular formula is C7H6N4O. The van der Waals surface area contributed by atoms with Gasteiger partial charge in [-0.2, -0.15) is 0 Å². The van der Waals surface area contributed by atoms with E-state index in [0.717, 1.165) is 5.69 Å². The van der Waals surface area contributed by atoms with E-state index in [1.54, 1.807) is 24.3 Å². The summed E-state index contributed by atoms with van der Waals surface area (Å²) in [5.41, 5.74) is 0.736. The quantitative estimate of drug-likeness (QED) is 0.657. The summed E-state index contributed by atoms with van der Waals surface area (Å²) in [4.78, 5) is 0. The summed E-state index contributed by atoms with van der Waals surface area (Å²) in [5.74, 6) is 0.197. The highest BCUT2D eigenvalue weighted by molar-refractivity contribution is 5.36. The topological polar surface area (TPSA) is 63.8 Å². The molecule has 1 aromatic carbocycles. The van der Waals surface area contributed by atoms with Crippen molar-refractivity contribution in [2.24, 2.45) is 0 Å². The van der Waals surface area contributed by atoms with E-state index in [0.29, 0.717) is 0 Å². The van der Waals surface area contributed by atoms with Crippen LogP contribution in [0.4, 0.5) is 0 Å². The Hall–Kier alpha value is -1.91. The molecule has 0 amide bonds. The zero-order valence-corrected chi connectivity index (χ0v) is 6.12. The second-order valence-electron chi connectivity index (χ2n) is 2.27. The normalized spacial score (nSPS) is 10.0. The lowest BCUT2D eigenvalue weighted by Crippen LogP contribution is -1.93. The van der Waals surface area contributed by atoms with Gasteiger partial charge in [0, 0.05) is 6.07 Å². The summed E-state index contributed by atoms with van der Waals surface area (Å²) in [6, 6.07) is 6.70. The maximum Gasteiger partial charge on any atom is 0.143 e. The van der Waals surface area contributed by atoms with Gasteiger partial charge < -0.3 is 5.11 Å². The number of rotatable bonds is 1. The first-order valence-electron chi connectivity index (χ1n) is 3.38. The summed E-state index contributed by atoms with van der Waals surface area (Å²) in [6.07, 6.45) is 1.47. The summed E-state index contributed by atoms with van der Waals surface area (Å²) in [6.45, 7) is 0. The summed E-state index contributed by atoms with van der Waals surface area (Å²) >= 11 is 0. The van der Waals surface area contributed by atoms with Gasteiger partial charge in [-0.05, 0) is 22.6 Å². The van der Waals surface area contributed by atoms with Crippen molar-refractivity contribution < 1.29 is 5.11 Å². The highest BCUT2D eigenvalue weighted by atomic mass is 16.3. The molecule has 0 aliphatic rings. The number of phenols is 1. The number of phenolic OH excluding ortho intramolecular Hbond substituents is 1. The molecule has 12 heavy (non-hydrogen) atoms. The molecule has 0 atom stereocenters. The van der Waals surface area contributed by atoms with Crippen LogP contribution in [-0.4, -0.2) is 25.3 Å². The Morgan fingerprint density at radius 1 is 1.33 bits per heavy atom. The number of hydrogen-bond acceptors (Lipinski definition) is 4. The van der Waals surface area contributed by atoms with Crippen LogP contribution in [0.25, 0.3) is 5.69 Å². The van der Waals surface area contributed by atoms with Gasteiger partial charge in [0.1, 0.15) is 12.1 Å². The van der Waals surface area contributed by atoms with E-state index in [4.69, 9.17) is 5.11 Å². The maximum absolute atomic E-state index is 9.13. The molecule has 2 rings (SSSR count). The van der Waals surface area contributed by atoms with Crippen LogP contribution in [0.1, 0.15) is 0 Å². The molecule has 0 saturated heterocycles. The number of tetrazole rings is 1. The van der Waals surface area contributed by atoms with Crippen molar-refractivity contribution in [3.63, 3.8) is 0 Å². The molecule has 60 valence electrons. The van der Waals surface area contributed by atoms with Gasteiger partial charge in [-0.15, -0.1) is 5.10 Å². The van der Waals surface area contributed by atoms with Gasteiger partial charge in [0.15, 0.2) is 0 Å². The third-order valence-corrected chi connectivity index (χ3v) is 1.44. The summed E-state index contributed by atoms with van der Waals surface area (Å²) in [5, 5.41) is 19.8. The van der Waals surface area contributed by atoms with E-state index in [-0.39, 0.29) is 5.75 Å². The van der Waals surface area contributed by atoms with Gasteiger partial charge >= 0.3 is 0 Å². The predicted octanol–water partition coefficient (Wildman–Crippen LogP) is 0.368. The largest absolute Gasteiger partial charge is 0.508 e. The molecule has 5 heteroatoms. The molecule has 1 heterocycles. The van der Waals surface area contributed by atoms with E-state index in [9.17, 15) is 0 Å². The Bertz CT molecular complexity index is 371. The average Bonchev–Trinajstić information content (AvgIpc) is 2.56. The Kier molecular flexibility index (Phi) is 1.48. The van der Waals surface area contributed by atoms with Crippen LogP contribution < -0.4 is 0 Å². The molecule has 0 radical (unpaired) electrons. The van der Waals surface area contributed by atoms with Crippen LogP contribution in [0.15, 0.2) is 30.6 Å². The fourth-order valence-corrected chi connectivity index (χ4v) is 0.915. The van der Waals surface area contributed by atoms with Crippen LogP contribution in [0, 0.1) is 0 Å². The fourth-order valence-electron chi connectivity index (χ4n) is 0.915. The first kappa shape index (κ1) is 6.78. The van der Waals surface area contributed by atoms with Crippen molar-refractivity contribution in [2.45, 2.75) is 0 Å². The zero-order valence-electron chi connectivity index (χ0n) is 6.12. The van der Waals surface area contributed by atoms with E-state index < -0.39 is 0 Å². The highest BCUT2D eigenvalue weighted by Crippen LogP contribution is 2.12. The third kappa shape index (κ3) is 1.12. The summed E-state index contributed by atoms with van der Waals surface area (Å²) < 4.78 is 1.47. The predicted molar refractivity (Wildman–Crippen MR) is 40.8 cm³/mol. The lowest BCUT2D eigenvalue weighted by atomic mass is 10.3. The zero-order chi connectivity index (χ0) is 8.39. The molecule has 0 aliphatic carbocycles. The average molecular weight is 162 g/mol. The van der Waals surface area contributed by atoms with Gasteiger partial charge in [0.05, 0.1) is 5.69 Å². The Labute approximate surface area is 68.3 Å². The SMILES string of the molecule is Oc1cccc(-n2cnnn2)c1. The molecule has 5 nitrogen and oxygen atoms in total. The molecule has 0 spiro atoms. The summed E-state index contributed by atoms with van der Waals surface area (Å²) in [7, 11) is 0. The Balaban J connectivity index is 2.48. The van der Waals surface area contributed by atoms with Gasteiger partial charge in [-0.3, -0.25) is 0 Å². The van der Waals surface area contributed by atoms with Crippen molar-refractivity contribution in [1.29, 1.82) is 0 Å². The number of benzene rings is 1. The van der Waals surface area contributed by atoms with Crippen molar-refractivity contribution in [3.05, 3.63) is 30.6 Å². The smallest absolute Gasteiger partial charge is 0.143 e. The molecule has 0 fully saturated rings. The standard InChI is InChI=1S/C7H6N4O/c12-7-3-1-2-6(4-7)11-5-8-9-10-11/h1-5,12H. The minimum atomic E-state index is 0.197.